The summed E-state index contributed by atoms with van der Waals surface area (Å²) in [6.07, 6.45) is 2.30. The van der Waals surface area contributed by atoms with Gasteiger partial charge in [-0.2, -0.15) is 0 Å². The first-order valence-corrected chi connectivity index (χ1v) is 14.8. The van der Waals surface area contributed by atoms with Crippen molar-refractivity contribution in [3.05, 3.63) is 46.0 Å². The molecule has 2 rings (SSSR count). The Kier molecular flexibility index (Phi) is 14.8. The van der Waals surface area contributed by atoms with Crippen LogP contribution in [-0.2, 0) is 71.1 Å². The van der Waals surface area contributed by atoms with Crippen LogP contribution in [0, 0.1) is 13.8 Å². The van der Waals surface area contributed by atoms with Crippen molar-refractivity contribution in [3.8, 4) is 11.5 Å². The van der Waals surface area contributed by atoms with Crippen molar-refractivity contribution in [2.75, 3.05) is 26.2 Å². The minimum absolute atomic E-state index is 0. The standard InChI is InChI=1S/C22H32N4O14P2.Mn/c1-13-21(31)17(15(5-23-13)11-39-41(33,34)35)7-25(9-19(27)28)3-4-26(10-20(29)30)8-18-16(12-40-42(36,37)38)6-24-14(2)22(18)32;/h5-6,31-32H,3-4,7-12H2,1-2H3,(H,27,28)(H,29,30)(H2,33,34,35)(H2,36,37,38);/p-4. The molecule has 2 heterocycles. The van der Waals surface area contributed by atoms with Crippen LogP contribution >= 0.6 is 15.6 Å². The number of phosphoric acid groups is 2. The minimum atomic E-state index is -5.40. The molecule has 0 aliphatic carbocycles. The molecule has 0 fully saturated rings. The molecule has 0 aliphatic heterocycles. The molecular weight excluding hydrogens is 661 g/mol. The first kappa shape index (κ1) is 38.5. The van der Waals surface area contributed by atoms with Crippen molar-refractivity contribution < 1.29 is 84.8 Å². The number of carboxylic acid groups (broad SMARTS) is 2. The van der Waals surface area contributed by atoms with Crippen molar-refractivity contribution in [2.24, 2.45) is 0 Å². The Bertz CT molecular complexity index is 1280. The Morgan fingerprint density at radius 2 is 1.09 bits per heavy atom. The molecule has 0 unspecified atom stereocenters. The molecule has 0 bridgehead atoms. The molecule has 0 aromatic carbocycles. The van der Waals surface area contributed by atoms with Gasteiger partial charge in [0.05, 0.1) is 53.3 Å². The first-order valence-electron chi connectivity index (χ1n) is 11.9. The maximum absolute atomic E-state index is 11.6. The topological polar surface area (TPSA) is 292 Å². The quantitative estimate of drug-likeness (QED) is 0.1000. The molecular formula is C22H28MnN4O14P2-4. The van der Waals surface area contributed by atoms with E-state index in [0.717, 1.165) is 12.4 Å². The third kappa shape index (κ3) is 13.4. The number of carbonyl (C=O) groups is 2. The van der Waals surface area contributed by atoms with Crippen molar-refractivity contribution in [2.45, 2.75) is 40.2 Å². The number of carboxylic acids is 2. The van der Waals surface area contributed by atoms with E-state index in [4.69, 9.17) is 0 Å². The van der Waals surface area contributed by atoms with Gasteiger partial charge in [0.25, 0.3) is 0 Å². The summed E-state index contributed by atoms with van der Waals surface area (Å²) in [5.74, 6) is -3.41. The van der Waals surface area contributed by atoms with Crippen LogP contribution in [0.2, 0.25) is 0 Å². The number of hydrogen-bond acceptors (Lipinski definition) is 16. The largest absolute Gasteiger partial charge is 0.790 e. The number of pyridine rings is 2. The van der Waals surface area contributed by atoms with Crippen LogP contribution in [0.4, 0.5) is 0 Å². The van der Waals surface area contributed by atoms with Crippen molar-refractivity contribution in [1.82, 2.24) is 19.8 Å². The molecule has 2 aromatic rings. The van der Waals surface area contributed by atoms with Gasteiger partial charge < -0.3 is 58.2 Å². The van der Waals surface area contributed by atoms with Gasteiger partial charge in [0.15, 0.2) is 0 Å². The number of aromatic nitrogens is 2. The summed E-state index contributed by atoms with van der Waals surface area (Å²) in [5, 5.41) is 40.0. The minimum Gasteiger partial charge on any atom is -0.790 e. The summed E-state index contributed by atoms with van der Waals surface area (Å²) in [7, 11) is -10.8. The van der Waals surface area contributed by atoms with Crippen molar-refractivity contribution in [3.63, 3.8) is 0 Å². The molecule has 43 heavy (non-hydrogen) atoms. The van der Waals surface area contributed by atoms with E-state index in [0.29, 0.717) is 0 Å². The second-order valence-electron chi connectivity index (χ2n) is 9.04. The van der Waals surface area contributed by atoms with Gasteiger partial charge in [-0.1, -0.05) is 0 Å². The molecule has 1 radical (unpaired) electrons. The maximum atomic E-state index is 11.6. The van der Waals surface area contributed by atoms with Gasteiger partial charge >= 0.3 is 11.9 Å². The molecule has 0 saturated heterocycles. The van der Waals surface area contributed by atoms with Gasteiger partial charge in [0, 0.05) is 77.9 Å². The Morgan fingerprint density at radius 3 is 1.37 bits per heavy atom. The normalized spacial score (nSPS) is 12.0. The second kappa shape index (κ2) is 16.5. The van der Waals surface area contributed by atoms with E-state index in [-0.39, 0.29) is 76.9 Å². The average Bonchev–Trinajstić information content (AvgIpc) is 2.85. The fourth-order valence-electron chi connectivity index (χ4n) is 3.81. The molecule has 4 N–H and O–H groups in total. The zero-order valence-corrected chi connectivity index (χ0v) is 25.7. The number of aliphatic carboxylic acids is 2. The molecule has 0 aliphatic rings. The smallest absolute Gasteiger partial charge is 0.317 e. The summed E-state index contributed by atoms with van der Waals surface area (Å²) >= 11 is 0. The molecule has 0 amide bonds. The van der Waals surface area contributed by atoms with Crippen LogP contribution in [0.1, 0.15) is 33.6 Å². The third-order valence-electron chi connectivity index (χ3n) is 5.83. The Hall–Kier alpha value is -2.50. The van der Waals surface area contributed by atoms with Crippen LogP contribution in [0.3, 0.4) is 0 Å². The van der Waals surface area contributed by atoms with Crippen LogP contribution in [-0.4, -0.2) is 78.3 Å². The Balaban J connectivity index is 0.00000924. The summed E-state index contributed by atoms with van der Waals surface area (Å²) in [6.45, 7) is -0.896. The third-order valence-corrected chi connectivity index (χ3v) is 6.72. The molecule has 0 spiro atoms. The van der Waals surface area contributed by atoms with Crippen molar-refractivity contribution in [1.29, 1.82) is 0 Å². The average molecular weight is 689 g/mol. The monoisotopic (exact) mass is 689 g/mol. The fourth-order valence-corrected chi connectivity index (χ4v) is 4.40. The molecule has 241 valence electrons. The van der Waals surface area contributed by atoms with Gasteiger partial charge in [0.2, 0.25) is 0 Å². The summed E-state index contributed by atoms with van der Waals surface area (Å²) in [4.78, 5) is 77.3. The predicted octanol–water partition coefficient (Wildman–Crippen LogP) is -2.33. The number of rotatable bonds is 17. The Morgan fingerprint density at radius 1 is 0.767 bits per heavy atom. The predicted molar refractivity (Wildman–Crippen MR) is 132 cm³/mol. The van der Waals surface area contributed by atoms with Gasteiger partial charge in [-0.05, 0) is 13.8 Å². The van der Waals surface area contributed by atoms with E-state index >= 15 is 0 Å². The van der Waals surface area contributed by atoms with E-state index in [2.05, 4.69) is 19.0 Å². The van der Waals surface area contributed by atoms with E-state index in [9.17, 15) is 58.7 Å². The van der Waals surface area contributed by atoms with E-state index < -0.39 is 65.4 Å². The number of aryl methyl sites for hydroxylation is 2. The SMILES string of the molecule is Cc1ncc(COP(=O)([O-])[O-])c(CN(CCN(CC(=O)O)Cc2c(COP(=O)([O-])[O-])cnc(C)c2O)CC(=O)O)c1O.[Mn]. The number of phosphoric ester groups is 2. The number of aromatic hydroxyl groups is 2. The molecule has 2 aromatic heterocycles. The fraction of sp³-hybridized carbons (Fsp3) is 0.455. The zero-order chi connectivity index (χ0) is 31.8. The summed E-state index contributed by atoms with van der Waals surface area (Å²) < 4.78 is 30.5. The zero-order valence-electron chi connectivity index (χ0n) is 22.7. The van der Waals surface area contributed by atoms with Crippen LogP contribution in [0.15, 0.2) is 12.4 Å². The van der Waals surface area contributed by atoms with Gasteiger partial charge in [-0.15, -0.1) is 0 Å². The summed E-state index contributed by atoms with van der Waals surface area (Å²) in [5.41, 5.74) is 0.232. The van der Waals surface area contributed by atoms with Gasteiger partial charge in [-0.3, -0.25) is 29.4 Å². The Labute approximate surface area is 255 Å². The molecule has 21 heteroatoms. The van der Waals surface area contributed by atoms with Crippen LogP contribution in [0.25, 0.3) is 0 Å². The van der Waals surface area contributed by atoms with Crippen LogP contribution < -0.4 is 19.6 Å². The molecule has 18 nitrogen and oxygen atoms in total. The van der Waals surface area contributed by atoms with E-state index in [1.807, 2.05) is 0 Å². The summed E-state index contributed by atoms with van der Waals surface area (Å²) in [6, 6.07) is 0. The van der Waals surface area contributed by atoms with Crippen LogP contribution in [0.5, 0.6) is 11.5 Å². The van der Waals surface area contributed by atoms with E-state index in [1.165, 1.54) is 23.6 Å². The van der Waals surface area contributed by atoms with Gasteiger partial charge in [0.1, 0.15) is 11.5 Å². The van der Waals surface area contributed by atoms with E-state index in [1.54, 1.807) is 0 Å². The van der Waals surface area contributed by atoms with Gasteiger partial charge in [-0.25, -0.2) is 0 Å². The first-order chi connectivity index (χ1) is 19.4. The number of hydrogen-bond donors (Lipinski definition) is 4. The van der Waals surface area contributed by atoms with Crippen molar-refractivity contribution >= 4 is 27.6 Å². The number of nitrogens with zero attached hydrogens (tertiary/aromatic N) is 4. The second-order valence-corrected chi connectivity index (χ2v) is 11.3. The molecule has 0 saturated carbocycles. The molecule has 0 atom stereocenters. The maximum Gasteiger partial charge on any atom is 0.317 e.